The van der Waals surface area contributed by atoms with Crippen LogP contribution in [0.4, 0.5) is 87.8 Å². The molecule has 0 atom stereocenters. The Morgan fingerprint density at radius 2 is 0.565 bits per heavy atom. The highest BCUT2D eigenvalue weighted by Gasteiger charge is 2.52. The second-order valence-electron chi connectivity index (χ2n) is 12.5. The number of halogens is 23. The second-order valence-corrected chi connectivity index (χ2v) is 19.3. The van der Waals surface area contributed by atoms with Crippen molar-refractivity contribution in [2.45, 2.75) is 8.69 Å². The van der Waals surface area contributed by atoms with Gasteiger partial charge in [-0.05, 0) is 0 Å². The SMILES string of the molecule is BrC(Br)(Br)c1cc[n+](Cc2ccccc2)cc1.Fc1c(F)c(F)c([B-](c2c(F)c(F)c(F)c(F)c2F)(c2c(F)c(F)c(F)c(F)c2F)c2c(F)c(F)c(F)c(F)c2F)c(F)c1F. The molecule has 0 saturated heterocycles. The molecule has 6 aromatic rings. The first-order chi connectivity index (χ1) is 28.8. The van der Waals surface area contributed by atoms with Gasteiger partial charge in [0.05, 0.1) is 0 Å². The molecule has 0 aliphatic carbocycles. The number of rotatable bonds is 6. The predicted octanol–water partition coefficient (Wildman–Crippen LogP) is 10.2. The standard InChI is InChI=1S/C24BF20.C13H11Br3N/c26-5-1(6(27)14(35)21(42)13(5)34)25(2-7(28)15(36)22(43)16(37)8(2)29,3-9(30)17(38)23(44)18(39)10(3)31)4-11(32)19(40)24(45)20(41)12(4)33;14-13(15,16)12-6-8-17(9-7-12)10-11-4-2-1-3-5-11/h;1-9H,10H2/q-1;+1. The first kappa shape index (κ1) is 48.4. The zero-order chi connectivity index (χ0) is 46.7. The van der Waals surface area contributed by atoms with Gasteiger partial charge in [0.15, 0.2) is 90.9 Å². The Morgan fingerprint density at radius 1 is 0.339 bits per heavy atom. The van der Waals surface area contributed by atoms with Crippen LogP contribution in [0.15, 0.2) is 54.9 Å². The van der Waals surface area contributed by atoms with Crippen LogP contribution in [0.5, 0.6) is 0 Å². The van der Waals surface area contributed by atoms with Crippen LogP contribution in [0, 0.1) is 116 Å². The van der Waals surface area contributed by atoms with E-state index in [0.29, 0.717) is 0 Å². The van der Waals surface area contributed by atoms with Crippen LogP contribution in [0.25, 0.3) is 0 Å². The average molecular weight is 1100 g/mol. The van der Waals surface area contributed by atoms with Crippen molar-refractivity contribution in [3.8, 4) is 0 Å². The quantitative estimate of drug-likeness (QED) is 0.0391. The van der Waals surface area contributed by atoms with Gasteiger partial charge >= 0.3 is 0 Å². The summed E-state index contributed by atoms with van der Waals surface area (Å²) in [4.78, 5) is 0. The van der Waals surface area contributed by atoms with Crippen LogP contribution in [-0.2, 0) is 8.69 Å². The third-order valence-corrected chi connectivity index (χ3v) is 10.5. The van der Waals surface area contributed by atoms with Crippen LogP contribution in [0.1, 0.15) is 11.1 Å². The molecule has 0 saturated carbocycles. The lowest BCUT2D eigenvalue weighted by Crippen LogP contribution is -2.81. The lowest BCUT2D eigenvalue weighted by Gasteiger charge is -2.44. The van der Waals surface area contributed by atoms with Crippen molar-refractivity contribution >= 4 is 75.8 Å². The molecule has 0 aliphatic rings. The fourth-order valence-electron chi connectivity index (χ4n) is 6.42. The Morgan fingerprint density at radius 3 is 0.790 bits per heavy atom. The number of alkyl halides is 3. The first-order valence-electron chi connectivity index (χ1n) is 16.1. The third-order valence-electron chi connectivity index (χ3n) is 9.13. The lowest BCUT2D eigenvalue weighted by molar-refractivity contribution is -0.688. The molecule has 0 unspecified atom stereocenters. The van der Waals surface area contributed by atoms with Gasteiger partial charge in [-0.25, -0.2) is 92.4 Å². The van der Waals surface area contributed by atoms with Crippen LogP contribution in [0.2, 0.25) is 0 Å². The van der Waals surface area contributed by atoms with E-state index in [4.69, 9.17) is 0 Å². The molecule has 5 aromatic carbocycles. The Labute approximate surface area is 357 Å². The maximum Gasteiger partial charge on any atom is 0.200 e. The minimum Gasteiger partial charge on any atom is -0.207 e. The van der Waals surface area contributed by atoms with Gasteiger partial charge in [0.2, 0.25) is 0 Å². The summed E-state index contributed by atoms with van der Waals surface area (Å²) < 4.78 is 296. The highest BCUT2D eigenvalue weighted by atomic mass is 80.0. The molecule has 0 fully saturated rings. The highest BCUT2D eigenvalue weighted by Crippen LogP contribution is 2.43. The maximum absolute atomic E-state index is 15.4. The van der Waals surface area contributed by atoms with E-state index in [0.717, 1.165) is 12.1 Å². The molecule has 0 amide bonds. The van der Waals surface area contributed by atoms with Crippen molar-refractivity contribution in [3.63, 3.8) is 0 Å². The summed E-state index contributed by atoms with van der Waals surface area (Å²) in [5, 5.41) is 0. The number of nitrogens with zero attached hydrogens (tertiary/aromatic N) is 1. The molecule has 0 radical (unpaired) electrons. The van der Waals surface area contributed by atoms with Gasteiger partial charge in [-0.15, -0.1) is 21.9 Å². The van der Waals surface area contributed by atoms with Crippen LogP contribution in [0.3, 0.4) is 0 Å². The van der Waals surface area contributed by atoms with E-state index in [1.807, 2.05) is 6.07 Å². The lowest BCUT2D eigenvalue weighted by atomic mass is 9.12. The molecule has 0 N–H and O–H groups in total. The molecule has 0 bridgehead atoms. The summed E-state index contributed by atoms with van der Waals surface area (Å²) in [6.45, 7) is 0.890. The van der Waals surface area contributed by atoms with E-state index in [9.17, 15) is 52.7 Å². The third kappa shape index (κ3) is 7.96. The van der Waals surface area contributed by atoms with E-state index in [1.165, 1.54) is 5.56 Å². The van der Waals surface area contributed by atoms with Gasteiger partial charge in [-0.2, -0.15) is 0 Å². The van der Waals surface area contributed by atoms with Crippen molar-refractivity contribution in [2.24, 2.45) is 0 Å². The van der Waals surface area contributed by atoms with Crippen molar-refractivity contribution in [1.82, 2.24) is 0 Å². The Bertz CT molecular complexity index is 2370. The smallest absolute Gasteiger partial charge is 0.200 e. The Kier molecular flexibility index (Phi) is 13.9. The van der Waals surface area contributed by atoms with Crippen LogP contribution >= 0.6 is 47.8 Å². The number of benzene rings is 5. The number of hydrogen-bond donors (Lipinski definition) is 0. The van der Waals surface area contributed by atoms with E-state index in [-0.39, 0.29) is 2.14 Å². The van der Waals surface area contributed by atoms with E-state index in [1.54, 1.807) is 0 Å². The zero-order valence-corrected chi connectivity index (χ0v) is 33.9. The first-order valence-corrected chi connectivity index (χ1v) is 18.5. The monoisotopic (exact) mass is 1100 g/mol. The van der Waals surface area contributed by atoms with Gasteiger partial charge in [0, 0.05) is 23.3 Å². The van der Waals surface area contributed by atoms with Gasteiger partial charge in [-0.3, -0.25) is 0 Å². The summed E-state index contributed by atoms with van der Waals surface area (Å²) in [5.41, 5.74) is -11.9. The highest BCUT2D eigenvalue weighted by molar-refractivity contribution is 9.38. The maximum atomic E-state index is 15.4. The minimum absolute atomic E-state index is 0.334. The van der Waals surface area contributed by atoms with Gasteiger partial charge < -0.3 is 0 Å². The van der Waals surface area contributed by atoms with Crippen LogP contribution < -0.4 is 26.4 Å². The minimum atomic E-state index is -7.22. The van der Waals surface area contributed by atoms with Crippen molar-refractivity contribution in [3.05, 3.63) is 182 Å². The average Bonchev–Trinajstić information content (AvgIpc) is 3.24. The zero-order valence-electron chi connectivity index (χ0n) is 29.1. The fraction of sp³-hybridized carbons (Fsp3) is 0.0541. The van der Waals surface area contributed by atoms with Crippen molar-refractivity contribution in [2.75, 3.05) is 0 Å². The Balaban J connectivity index is 0.000000355. The summed E-state index contributed by atoms with van der Waals surface area (Å²) >= 11 is 10.5. The molecule has 25 heteroatoms. The molecule has 328 valence electrons. The summed E-state index contributed by atoms with van der Waals surface area (Å²) in [7, 11) is 0. The van der Waals surface area contributed by atoms with E-state index < -0.39 is 144 Å². The van der Waals surface area contributed by atoms with Crippen molar-refractivity contribution in [1.29, 1.82) is 0 Å². The summed E-state index contributed by atoms with van der Waals surface area (Å²) in [6, 6.07) is 14.6. The summed E-state index contributed by atoms with van der Waals surface area (Å²) in [6.07, 6.45) is -3.08. The fourth-order valence-corrected chi connectivity index (χ4v) is 7.21. The Hall–Kier alpha value is -4.65. The molecule has 6 rings (SSSR count). The molecule has 1 nitrogen and oxygen atoms in total. The summed E-state index contributed by atoms with van der Waals surface area (Å²) in [5.74, 6) is -71.4. The van der Waals surface area contributed by atoms with E-state index >= 15 is 35.1 Å². The molecule has 1 heterocycles. The molecule has 62 heavy (non-hydrogen) atoms. The van der Waals surface area contributed by atoms with Gasteiger partial charge in [0.25, 0.3) is 0 Å². The van der Waals surface area contributed by atoms with Crippen LogP contribution in [-0.4, -0.2) is 6.15 Å². The largest absolute Gasteiger partial charge is 0.207 e. The molecular formula is C37H11BBr3F20N. The molecule has 1 aromatic heterocycles. The van der Waals surface area contributed by atoms with Gasteiger partial charge in [0.1, 0.15) is 52.7 Å². The van der Waals surface area contributed by atoms with E-state index in [2.05, 4.69) is 101 Å². The topological polar surface area (TPSA) is 3.88 Å². The number of aromatic nitrogens is 1. The molecule has 0 spiro atoms. The predicted molar refractivity (Wildman–Crippen MR) is 190 cm³/mol. The second kappa shape index (κ2) is 17.9. The van der Waals surface area contributed by atoms with Crippen molar-refractivity contribution < 1.29 is 92.4 Å². The van der Waals surface area contributed by atoms with Gasteiger partial charge in [-0.1, -0.05) is 78.1 Å². The molecular weight excluding hydrogens is 1090 g/mol. The normalized spacial score (nSPS) is 11.9. The number of pyridine rings is 1. The molecule has 0 aliphatic heterocycles. The number of hydrogen-bond acceptors (Lipinski definition) is 0.